The van der Waals surface area contributed by atoms with Crippen molar-refractivity contribution in [2.45, 2.75) is 52.4 Å². The summed E-state index contributed by atoms with van der Waals surface area (Å²) >= 11 is 0. The molecule has 2 aromatic rings. The molecule has 1 unspecified atom stereocenters. The Bertz CT molecular complexity index is 926. The summed E-state index contributed by atoms with van der Waals surface area (Å²) in [5.41, 5.74) is 3.65. The molecule has 7 heteroatoms. The Labute approximate surface area is 190 Å². The molecule has 1 N–H and O–H groups in total. The summed E-state index contributed by atoms with van der Waals surface area (Å²) < 4.78 is 45.0. The monoisotopic (exact) mass is 442 g/mol. The van der Waals surface area contributed by atoms with E-state index < -0.39 is 11.9 Å². The number of pyridine rings is 1. The highest BCUT2D eigenvalue weighted by atomic mass is 19.4. The second-order valence-electron chi connectivity index (χ2n) is 6.99. The second-order valence-corrected chi connectivity index (χ2v) is 6.99. The molecule has 1 aliphatic heterocycles. The molecule has 1 atom stereocenters. The lowest BCUT2D eigenvalue weighted by Gasteiger charge is -2.14. The summed E-state index contributed by atoms with van der Waals surface area (Å²) in [4.78, 5) is 3.45. The van der Waals surface area contributed by atoms with Gasteiger partial charge in [0.05, 0.1) is 20.6 Å². The lowest BCUT2D eigenvalue weighted by atomic mass is 9.95. The van der Waals surface area contributed by atoms with Crippen molar-refractivity contribution >= 4 is 7.85 Å². The van der Waals surface area contributed by atoms with Crippen LogP contribution < -0.4 is 5.32 Å². The maximum Gasteiger partial charge on any atom is 0.433 e. The van der Waals surface area contributed by atoms with Gasteiger partial charge in [0, 0.05) is 19.3 Å². The van der Waals surface area contributed by atoms with Crippen LogP contribution in [0.15, 0.2) is 60.3 Å². The highest BCUT2D eigenvalue weighted by molar-refractivity contribution is 6.05. The summed E-state index contributed by atoms with van der Waals surface area (Å²) in [6, 6.07) is 8.41. The fourth-order valence-electron chi connectivity index (χ4n) is 3.68. The Kier molecular flexibility index (Phi) is 10.2. The van der Waals surface area contributed by atoms with E-state index in [0.29, 0.717) is 18.7 Å². The number of rotatable bonds is 5. The van der Waals surface area contributed by atoms with Gasteiger partial charge in [-0.1, -0.05) is 57.1 Å². The normalized spacial score (nSPS) is 16.8. The minimum Gasteiger partial charge on any atom is -0.367 e. The maximum atomic E-state index is 13.0. The molecule has 0 saturated heterocycles. The van der Waals surface area contributed by atoms with Crippen LogP contribution in [0.2, 0.25) is 6.82 Å². The molecular weight excluding hydrogens is 412 g/mol. The van der Waals surface area contributed by atoms with Crippen LogP contribution in [0.5, 0.6) is 0 Å². The van der Waals surface area contributed by atoms with E-state index in [1.54, 1.807) is 6.07 Å². The predicted molar refractivity (Wildman–Crippen MR) is 124 cm³/mol. The number of alkyl halides is 3. The number of nitrogens with zero attached hydrogens (tertiary/aromatic N) is 1. The quantitative estimate of drug-likeness (QED) is 0.542. The number of halogens is 3. The Hall–Kier alpha value is -2.38. The summed E-state index contributed by atoms with van der Waals surface area (Å²) in [6.45, 7) is 7.33. The maximum absolute atomic E-state index is 13.0. The van der Waals surface area contributed by atoms with Crippen LogP contribution in [0, 0.1) is 0 Å². The molecule has 1 aliphatic carbocycles. The molecule has 2 radical (unpaired) electrons. The Morgan fingerprint density at radius 1 is 1.16 bits per heavy atom. The van der Waals surface area contributed by atoms with Gasteiger partial charge in [-0.3, -0.25) is 4.98 Å². The van der Waals surface area contributed by atoms with Gasteiger partial charge in [0.1, 0.15) is 5.69 Å². The Morgan fingerprint density at radius 2 is 1.94 bits per heavy atom. The molecule has 0 saturated carbocycles. The molecular formula is C25H30BF3N2O. The fourth-order valence-corrected chi connectivity index (χ4v) is 3.68. The smallest absolute Gasteiger partial charge is 0.367 e. The predicted octanol–water partition coefficient (Wildman–Crippen LogP) is 6.43. The SMILES string of the molecule is CC.FC(F)(F)c1cc(-c2cccc3c2COC3CNCC2=CCCC=C2)ccn1.[B]C. The van der Waals surface area contributed by atoms with Gasteiger partial charge in [-0.25, -0.2) is 0 Å². The summed E-state index contributed by atoms with van der Waals surface area (Å²) in [6.07, 6.45) is 5.36. The first-order chi connectivity index (χ1) is 15.5. The topological polar surface area (TPSA) is 34.1 Å². The molecule has 1 aromatic carbocycles. The van der Waals surface area contributed by atoms with Crippen molar-refractivity contribution in [1.29, 1.82) is 0 Å². The van der Waals surface area contributed by atoms with Gasteiger partial charge in [0.2, 0.25) is 0 Å². The molecule has 0 amide bonds. The number of ether oxygens (including phenoxy) is 1. The van der Waals surface area contributed by atoms with Crippen molar-refractivity contribution in [1.82, 2.24) is 10.3 Å². The van der Waals surface area contributed by atoms with E-state index in [0.717, 1.165) is 42.1 Å². The fraction of sp³-hybridized carbons (Fsp3) is 0.400. The van der Waals surface area contributed by atoms with Crippen LogP contribution in [0.25, 0.3) is 11.1 Å². The number of allylic oxidation sites excluding steroid dienone is 2. The lowest BCUT2D eigenvalue weighted by molar-refractivity contribution is -0.141. The third-order valence-corrected chi connectivity index (χ3v) is 5.08. The zero-order valence-electron chi connectivity index (χ0n) is 18.9. The largest absolute Gasteiger partial charge is 0.433 e. The van der Waals surface area contributed by atoms with Crippen LogP contribution in [0.4, 0.5) is 13.2 Å². The second kappa shape index (κ2) is 12.6. The van der Waals surface area contributed by atoms with Crippen LogP contribution in [-0.2, 0) is 17.5 Å². The van der Waals surface area contributed by atoms with Gasteiger partial charge in [-0.2, -0.15) is 13.2 Å². The van der Waals surface area contributed by atoms with Gasteiger partial charge in [0.25, 0.3) is 0 Å². The van der Waals surface area contributed by atoms with Gasteiger partial charge in [0.15, 0.2) is 0 Å². The summed E-state index contributed by atoms with van der Waals surface area (Å²) in [7, 11) is 4.50. The first-order valence-electron chi connectivity index (χ1n) is 10.9. The van der Waals surface area contributed by atoms with E-state index in [-0.39, 0.29) is 6.10 Å². The molecule has 3 nitrogen and oxygen atoms in total. The first kappa shape index (κ1) is 25.9. The summed E-state index contributed by atoms with van der Waals surface area (Å²) in [5.74, 6) is 0. The van der Waals surface area contributed by atoms with Crippen molar-refractivity contribution in [2.75, 3.05) is 13.1 Å². The number of hydrogen-bond acceptors (Lipinski definition) is 3. The van der Waals surface area contributed by atoms with E-state index in [4.69, 9.17) is 4.74 Å². The van der Waals surface area contributed by atoms with Crippen molar-refractivity contribution < 1.29 is 17.9 Å². The van der Waals surface area contributed by atoms with Gasteiger partial charge < -0.3 is 10.1 Å². The number of aromatic nitrogens is 1. The van der Waals surface area contributed by atoms with Gasteiger partial charge in [-0.05, 0) is 52.8 Å². The number of hydrogen-bond donors (Lipinski definition) is 1. The number of fused-ring (bicyclic) bond motifs is 1. The van der Waals surface area contributed by atoms with Crippen LogP contribution in [0.1, 0.15) is 49.6 Å². The number of benzene rings is 1. The van der Waals surface area contributed by atoms with Crippen LogP contribution in [0.3, 0.4) is 0 Å². The average Bonchev–Trinajstić information content (AvgIpc) is 3.25. The zero-order valence-corrected chi connectivity index (χ0v) is 18.9. The molecule has 0 spiro atoms. The van der Waals surface area contributed by atoms with Crippen molar-refractivity contribution in [3.63, 3.8) is 0 Å². The minimum absolute atomic E-state index is 0.105. The van der Waals surface area contributed by atoms with Crippen LogP contribution in [-0.4, -0.2) is 25.9 Å². The molecule has 0 bridgehead atoms. The van der Waals surface area contributed by atoms with E-state index >= 15 is 0 Å². The molecule has 32 heavy (non-hydrogen) atoms. The lowest BCUT2D eigenvalue weighted by Crippen LogP contribution is -2.23. The standard InChI is InChI=1S/C22H21F3N2O.C2H6.CH3B/c23-22(24,25)21-11-16(9-10-27-21)17-7-4-8-18-19(17)14-28-20(18)13-26-12-15-5-2-1-3-6-15;2*1-2/h2,4-11,20,26H,1,3,12-14H2;1-2H3;1H3. The molecule has 2 aliphatic rings. The highest BCUT2D eigenvalue weighted by Crippen LogP contribution is 2.38. The molecule has 170 valence electrons. The minimum atomic E-state index is -4.46. The highest BCUT2D eigenvalue weighted by Gasteiger charge is 2.33. The summed E-state index contributed by atoms with van der Waals surface area (Å²) in [5, 5.41) is 3.42. The van der Waals surface area contributed by atoms with E-state index in [1.807, 2.05) is 32.0 Å². The Morgan fingerprint density at radius 3 is 2.62 bits per heavy atom. The molecule has 4 rings (SSSR count). The van der Waals surface area contributed by atoms with E-state index in [9.17, 15) is 13.2 Å². The Balaban J connectivity index is 0.000000860. The third-order valence-electron chi connectivity index (χ3n) is 5.08. The molecule has 1 aromatic heterocycles. The zero-order chi connectivity index (χ0) is 23.6. The third kappa shape index (κ3) is 6.56. The van der Waals surface area contributed by atoms with Gasteiger partial charge >= 0.3 is 6.18 Å². The molecule has 0 fully saturated rings. The van der Waals surface area contributed by atoms with E-state index in [1.165, 1.54) is 18.6 Å². The number of nitrogens with one attached hydrogen (secondary N) is 1. The van der Waals surface area contributed by atoms with Crippen molar-refractivity contribution in [3.05, 3.63) is 77.2 Å². The van der Waals surface area contributed by atoms with Crippen molar-refractivity contribution in [3.8, 4) is 11.1 Å². The van der Waals surface area contributed by atoms with Crippen LogP contribution >= 0.6 is 0 Å². The first-order valence-corrected chi connectivity index (χ1v) is 10.9. The van der Waals surface area contributed by atoms with Gasteiger partial charge in [-0.15, -0.1) is 0 Å². The van der Waals surface area contributed by atoms with Crippen molar-refractivity contribution in [2.24, 2.45) is 0 Å². The molecule has 2 heterocycles. The van der Waals surface area contributed by atoms with E-state index in [2.05, 4.69) is 36.4 Å². The average molecular weight is 442 g/mol.